The number of rotatable bonds is 5. The Hall–Kier alpha value is -2.80. The first-order valence-corrected chi connectivity index (χ1v) is 14.0. The molecule has 0 N–H and O–H groups in total. The lowest BCUT2D eigenvalue weighted by Gasteiger charge is -2.56. The third-order valence-electron chi connectivity index (χ3n) is 8.92. The van der Waals surface area contributed by atoms with Crippen molar-refractivity contribution in [2.75, 3.05) is 26.2 Å². The largest absolute Gasteiger partial charge is 0.334 e. The number of carbonyl (C=O) groups is 1. The minimum atomic E-state index is -3.75. The number of hydrogen-bond donors (Lipinski definition) is 0. The smallest absolute Gasteiger partial charge is 0.320 e. The Morgan fingerprint density at radius 2 is 1.67 bits per heavy atom. The molecule has 0 radical (unpaired) electrons. The zero-order chi connectivity index (χ0) is 25.4. The van der Waals surface area contributed by atoms with Crippen LogP contribution < -0.4 is 0 Å². The molecule has 1 aliphatic heterocycles. The van der Waals surface area contributed by atoms with Crippen LogP contribution >= 0.6 is 0 Å². The molecule has 12 nitrogen and oxygen atoms in total. The maximum absolute atomic E-state index is 13.4. The highest BCUT2D eigenvalue weighted by atomic mass is 32.2. The van der Waals surface area contributed by atoms with Crippen molar-refractivity contribution in [2.24, 2.45) is 24.8 Å². The Kier molecular flexibility index (Phi) is 5.31. The van der Waals surface area contributed by atoms with Crippen molar-refractivity contribution in [1.29, 1.82) is 0 Å². The molecule has 0 spiro atoms. The van der Waals surface area contributed by atoms with Crippen molar-refractivity contribution in [2.45, 2.75) is 55.9 Å². The molecule has 0 atom stereocenters. The number of nitro groups is 1. The van der Waals surface area contributed by atoms with Gasteiger partial charge in [0.1, 0.15) is 11.1 Å². The SMILES string of the molecule is Cc1c(S(=O)(=O)N2CCN(C(=O)c3nn(C45CC6CC(CC(C6)C4)C5)cc3[N+](=O)[O-])CC2)cnn1C. The van der Waals surface area contributed by atoms with E-state index in [0.29, 0.717) is 23.4 Å². The van der Waals surface area contributed by atoms with Gasteiger partial charge in [-0.3, -0.25) is 24.3 Å². The average Bonchev–Trinajstić information content (AvgIpc) is 3.43. The molecule has 3 heterocycles. The molecule has 13 heteroatoms. The van der Waals surface area contributed by atoms with Gasteiger partial charge in [0.15, 0.2) is 0 Å². The van der Waals surface area contributed by atoms with E-state index in [4.69, 9.17) is 0 Å². The van der Waals surface area contributed by atoms with E-state index < -0.39 is 20.9 Å². The number of hydrogen-bond acceptors (Lipinski definition) is 7. The number of amides is 1. The molecule has 1 amide bonds. The standard InChI is InChI=1S/C23H31N7O5S/c1-15-20(13-24-26(15)2)36(34,35)28-5-3-27(4-6-28)22(31)21-19(30(32)33)14-29(25-21)23-10-16-7-17(11-23)9-18(8-16)12-23/h13-14,16-18H,3-12H2,1-2H3. The molecule has 5 fully saturated rings. The normalized spacial score (nSPS) is 30.2. The summed E-state index contributed by atoms with van der Waals surface area (Å²) < 4.78 is 30.8. The van der Waals surface area contributed by atoms with Crippen molar-refractivity contribution in [3.63, 3.8) is 0 Å². The van der Waals surface area contributed by atoms with Crippen molar-refractivity contribution < 1.29 is 18.1 Å². The van der Waals surface area contributed by atoms with Gasteiger partial charge in [-0.15, -0.1) is 0 Å². The molecule has 5 aliphatic rings. The lowest BCUT2D eigenvalue weighted by molar-refractivity contribution is -0.385. The predicted octanol–water partition coefficient (Wildman–Crippen LogP) is 1.91. The fourth-order valence-corrected chi connectivity index (χ4v) is 9.00. The summed E-state index contributed by atoms with van der Waals surface area (Å²) >= 11 is 0. The second kappa shape index (κ2) is 8.10. The topological polar surface area (TPSA) is 136 Å². The van der Waals surface area contributed by atoms with Gasteiger partial charge in [0.25, 0.3) is 5.91 Å². The monoisotopic (exact) mass is 517 g/mol. The molecule has 4 saturated carbocycles. The van der Waals surface area contributed by atoms with Gasteiger partial charge in [0, 0.05) is 33.2 Å². The van der Waals surface area contributed by atoms with Gasteiger partial charge in [-0.25, -0.2) is 8.42 Å². The predicted molar refractivity (Wildman–Crippen MR) is 128 cm³/mol. The Bertz CT molecular complexity index is 1300. The van der Waals surface area contributed by atoms with Crippen LogP contribution in [0.5, 0.6) is 0 Å². The van der Waals surface area contributed by atoms with Gasteiger partial charge in [0.2, 0.25) is 15.7 Å². The lowest BCUT2D eigenvalue weighted by Crippen LogP contribution is -2.52. The minimum Gasteiger partial charge on any atom is -0.334 e. The van der Waals surface area contributed by atoms with Gasteiger partial charge in [0.05, 0.1) is 22.4 Å². The van der Waals surface area contributed by atoms with Gasteiger partial charge in [-0.1, -0.05) is 0 Å². The van der Waals surface area contributed by atoms with Crippen LogP contribution in [0.3, 0.4) is 0 Å². The summed E-state index contributed by atoms with van der Waals surface area (Å²) in [6.45, 7) is 2.17. The molecule has 194 valence electrons. The zero-order valence-electron chi connectivity index (χ0n) is 20.5. The van der Waals surface area contributed by atoms with Gasteiger partial charge in [-0.05, 0) is 63.2 Å². The van der Waals surface area contributed by atoms with E-state index >= 15 is 0 Å². The maximum Gasteiger partial charge on any atom is 0.320 e. The molecule has 4 aliphatic carbocycles. The average molecular weight is 518 g/mol. The van der Waals surface area contributed by atoms with Crippen LogP contribution in [0, 0.1) is 34.8 Å². The first-order chi connectivity index (χ1) is 17.1. The van der Waals surface area contributed by atoms with Crippen LogP contribution in [-0.2, 0) is 22.6 Å². The molecule has 2 aromatic heterocycles. The number of aromatic nitrogens is 4. The summed E-state index contributed by atoms with van der Waals surface area (Å²) in [6, 6.07) is 0. The van der Waals surface area contributed by atoms with Crippen molar-refractivity contribution >= 4 is 21.6 Å². The number of piperazine rings is 1. The van der Waals surface area contributed by atoms with E-state index in [1.165, 1.54) is 45.5 Å². The molecular formula is C23H31N7O5S. The molecule has 7 rings (SSSR count). The highest BCUT2D eigenvalue weighted by Gasteiger charge is 2.53. The van der Waals surface area contributed by atoms with E-state index in [1.54, 1.807) is 18.7 Å². The molecule has 0 aromatic carbocycles. The van der Waals surface area contributed by atoms with Crippen LogP contribution in [0.15, 0.2) is 17.3 Å². The third-order valence-corrected chi connectivity index (χ3v) is 10.9. The van der Waals surface area contributed by atoms with Gasteiger partial charge in [-0.2, -0.15) is 14.5 Å². The summed E-state index contributed by atoms with van der Waals surface area (Å²) in [6.07, 6.45) is 9.41. The van der Waals surface area contributed by atoms with Crippen LogP contribution in [0.25, 0.3) is 0 Å². The van der Waals surface area contributed by atoms with E-state index in [-0.39, 0.29) is 48.0 Å². The minimum absolute atomic E-state index is 0.103. The molecule has 36 heavy (non-hydrogen) atoms. The summed E-state index contributed by atoms with van der Waals surface area (Å²) in [7, 11) is -2.06. The van der Waals surface area contributed by atoms with Crippen molar-refractivity contribution in [3.8, 4) is 0 Å². The summed E-state index contributed by atoms with van der Waals surface area (Å²) in [5.41, 5.74) is -0.0989. The van der Waals surface area contributed by atoms with E-state index in [0.717, 1.165) is 19.3 Å². The molecular weight excluding hydrogens is 486 g/mol. The van der Waals surface area contributed by atoms with Gasteiger partial charge < -0.3 is 4.90 Å². The lowest BCUT2D eigenvalue weighted by atomic mass is 9.53. The molecule has 0 unspecified atom stereocenters. The summed E-state index contributed by atoms with van der Waals surface area (Å²) in [5.74, 6) is 1.39. The van der Waals surface area contributed by atoms with Crippen LogP contribution in [0.4, 0.5) is 5.69 Å². The first-order valence-electron chi connectivity index (χ1n) is 12.6. The van der Waals surface area contributed by atoms with Crippen LogP contribution in [-0.4, -0.2) is 74.2 Å². The fourth-order valence-electron chi connectivity index (χ4n) is 7.39. The Morgan fingerprint density at radius 3 is 2.17 bits per heavy atom. The Morgan fingerprint density at radius 1 is 1.08 bits per heavy atom. The quantitative estimate of drug-likeness (QED) is 0.436. The second-order valence-corrected chi connectivity index (χ2v) is 13.0. The molecule has 2 aromatic rings. The highest BCUT2D eigenvalue weighted by molar-refractivity contribution is 7.89. The molecule has 1 saturated heterocycles. The zero-order valence-corrected chi connectivity index (χ0v) is 21.4. The van der Waals surface area contributed by atoms with Crippen LogP contribution in [0.2, 0.25) is 0 Å². The highest BCUT2D eigenvalue weighted by Crippen LogP contribution is 2.58. The third kappa shape index (κ3) is 3.58. The van der Waals surface area contributed by atoms with Crippen molar-refractivity contribution in [1.82, 2.24) is 28.8 Å². The Balaban J connectivity index is 1.22. The summed E-state index contributed by atoms with van der Waals surface area (Å²) in [5, 5.41) is 20.5. The Labute approximate surface area is 209 Å². The number of carbonyl (C=O) groups excluding carboxylic acids is 1. The summed E-state index contributed by atoms with van der Waals surface area (Å²) in [4.78, 5) is 26.4. The van der Waals surface area contributed by atoms with E-state index in [9.17, 15) is 23.3 Å². The van der Waals surface area contributed by atoms with E-state index in [1.807, 2.05) is 0 Å². The van der Waals surface area contributed by atoms with E-state index in [2.05, 4.69) is 10.2 Å². The number of aryl methyl sites for hydroxylation is 1. The van der Waals surface area contributed by atoms with Crippen molar-refractivity contribution in [3.05, 3.63) is 33.9 Å². The maximum atomic E-state index is 13.4. The second-order valence-electron chi connectivity index (χ2n) is 11.1. The fraction of sp³-hybridized carbons (Fsp3) is 0.696. The number of nitrogens with zero attached hydrogens (tertiary/aromatic N) is 7. The van der Waals surface area contributed by atoms with Crippen LogP contribution in [0.1, 0.15) is 54.7 Å². The first kappa shape index (κ1) is 23.6. The molecule has 4 bridgehead atoms. The van der Waals surface area contributed by atoms with Gasteiger partial charge >= 0.3 is 5.69 Å². The number of sulfonamides is 1.